The Balaban J connectivity index is 2.53. The van der Waals surface area contributed by atoms with Crippen molar-refractivity contribution in [3.8, 4) is 5.75 Å². The molecule has 0 aliphatic heterocycles. The molecule has 6 heteroatoms. The highest BCUT2D eigenvalue weighted by atomic mass is 16.3. The van der Waals surface area contributed by atoms with Crippen LogP contribution in [0.3, 0.4) is 0 Å². The quantitative estimate of drug-likeness (QED) is 0.326. The SMILES string of the molecule is NC(=O)CCCNC(=O)c1cccc(N)c1O. The molecular formula is C11H15N3O3. The fraction of sp³-hybridized carbons (Fsp3) is 0.273. The normalized spacial score (nSPS) is 9.88. The molecule has 0 saturated carbocycles. The Morgan fingerprint density at radius 3 is 2.71 bits per heavy atom. The number of nitrogens with two attached hydrogens (primary N) is 2. The maximum Gasteiger partial charge on any atom is 0.255 e. The van der Waals surface area contributed by atoms with Crippen molar-refractivity contribution in [1.29, 1.82) is 0 Å². The number of carbonyl (C=O) groups is 2. The molecule has 0 bridgehead atoms. The zero-order valence-corrected chi connectivity index (χ0v) is 9.27. The highest BCUT2D eigenvalue weighted by molar-refractivity contribution is 5.98. The van der Waals surface area contributed by atoms with Crippen LogP contribution in [0.15, 0.2) is 18.2 Å². The predicted molar refractivity (Wildman–Crippen MR) is 63.3 cm³/mol. The molecule has 0 spiro atoms. The van der Waals surface area contributed by atoms with Crippen molar-refractivity contribution in [3.05, 3.63) is 23.8 Å². The number of phenolic OH excluding ortho intramolecular Hbond substituents is 1. The molecule has 6 nitrogen and oxygen atoms in total. The summed E-state index contributed by atoms with van der Waals surface area (Å²) in [6, 6.07) is 4.54. The summed E-state index contributed by atoms with van der Waals surface area (Å²) in [7, 11) is 0. The Morgan fingerprint density at radius 1 is 1.35 bits per heavy atom. The van der Waals surface area contributed by atoms with E-state index >= 15 is 0 Å². The molecule has 0 heterocycles. The summed E-state index contributed by atoms with van der Waals surface area (Å²) in [6.07, 6.45) is 0.674. The van der Waals surface area contributed by atoms with Crippen molar-refractivity contribution in [1.82, 2.24) is 5.32 Å². The summed E-state index contributed by atoms with van der Waals surface area (Å²) >= 11 is 0. The van der Waals surface area contributed by atoms with Gasteiger partial charge in [-0.15, -0.1) is 0 Å². The van der Waals surface area contributed by atoms with Gasteiger partial charge in [-0.3, -0.25) is 9.59 Å². The highest BCUT2D eigenvalue weighted by Gasteiger charge is 2.12. The van der Waals surface area contributed by atoms with E-state index in [0.717, 1.165) is 0 Å². The van der Waals surface area contributed by atoms with E-state index < -0.39 is 11.8 Å². The lowest BCUT2D eigenvalue weighted by Crippen LogP contribution is -2.25. The number of carbonyl (C=O) groups excluding carboxylic acids is 2. The third-order valence-electron chi connectivity index (χ3n) is 2.20. The van der Waals surface area contributed by atoms with Gasteiger partial charge in [-0.2, -0.15) is 0 Å². The van der Waals surface area contributed by atoms with Crippen LogP contribution in [0.4, 0.5) is 5.69 Å². The maximum absolute atomic E-state index is 11.6. The standard InChI is InChI=1S/C11H15N3O3/c12-8-4-1-3-7(10(8)16)11(17)14-6-2-5-9(13)15/h1,3-4,16H,2,5-6,12H2,(H2,13,15)(H,14,17). The first-order chi connectivity index (χ1) is 8.02. The minimum atomic E-state index is -0.431. The third-order valence-corrected chi connectivity index (χ3v) is 2.20. The second kappa shape index (κ2) is 5.74. The summed E-state index contributed by atoms with van der Waals surface area (Å²) in [5, 5.41) is 12.1. The molecule has 0 unspecified atom stereocenters. The number of para-hydroxylation sites is 1. The minimum absolute atomic E-state index is 0.115. The van der Waals surface area contributed by atoms with Crippen LogP contribution < -0.4 is 16.8 Å². The van der Waals surface area contributed by atoms with E-state index in [1.165, 1.54) is 12.1 Å². The van der Waals surface area contributed by atoms with Crippen LogP contribution in [0.25, 0.3) is 0 Å². The Kier molecular flexibility index (Phi) is 4.33. The van der Waals surface area contributed by atoms with Crippen molar-refractivity contribution in [3.63, 3.8) is 0 Å². The van der Waals surface area contributed by atoms with Crippen LogP contribution in [0.1, 0.15) is 23.2 Å². The zero-order valence-electron chi connectivity index (χ0n) is 9.27. The molecule has 17 heavy (non-hydrogen) atoms. The lowest BCUT2D eigenvalue weighted by atomic mass is 10.1. The van der Waals surface area contributed by atoms with Gasteiger partial charge in [0.25, 0.3) is 5.91 Å². The number of aromatic hydroxyl groups is 1. The molecule has 0 radical (unpaired) electrons. The van der Waals surface area contributed by atoms with Gasteiger partial charge in [-0.25, -0.2) is 0 Å². The van der Waals surface area contributed by atoms with Crippen molar-refractivity contribution in [2.75, 3.05) is 12.3 Å². The molecule has 0 aromatic heterocycles. The summed E-state index contributed by atoms with van der Waals surface area (Å²) in [5.41, 5.74) is 10.7. The smallest absolute Gasteiger partial charge is 0.255 e. The second-order valence-corrected chi connectivity index (χ2v) is 3.57. The van der Waals surface area contributed by atoms with Crippen LogP contribution in [0, 0.1) is 0 Å². The maximum atomic E-state index is 11.6. The molecule has 1 aromatic rings. The van der Waals surface area contributed by atoms with E-state index in [-0.39, 0.29) is 23.4 Å². The minimum Gasteiger partial charge on any atom is -0.505 e. The monoisotopic (exact) mass is 237 g/mol. The van der Waals surface area contributed by atoms with Crippen LogP contribution in [0.2, 0.25) is 0 Å². The first-order valence-electron chi connectivity index (χ1n) is 5.16. The van der Waals surface area contributed by atoms with Gasteiger partial charge in [0, 0.05) is 13.0 Å². The van der Waals surface area contributed by atoms with Crippen LogP contribution in [-0.4, -0.2) is 23.5 Å². The summed E-state index contributed by atoms with van der Waals surface area (Å²) < 4.78 is 0. The predicted octanol–water partition coefficient (Wildman–Crippen LogP) is -0.0303. The fourth-order valence-electron chi connectivity index (χ4n) is 1.30. The van der Waals surface area contributed by atoms with E-state index in [4.69, 9.17) is 11.5 Å². The number of amides is 2. The lowest BCUT2D eigenvalue weighted by molar-refractivity contribution is -0.118. The molecule has 2 amide bonds. The number of anilines is 1. The van der Waals surface area contributed by atoms with Gasteiger partial charge in [0.2, 0.25) is 5.91 Å². The first-order valence-corrected chi connectivity index (χ1v) is 5.16. The molecular weight excluding hydrogens is 222 g/mol. The van der Waals surface area contributed by atoms with Gasteiger partial charge in [-0.05, 0) is 18.6 Å². The van der Waals surface area contributed by atoms with E-state index in [1.807, 2.05) is 0 Å². The van der Waals surface area contributed by atoms with Crippen LogP contribution >= 0.6 is 0 Å². The number of benzene rings is 1. The largest absolute Gasteiger partial charge is 0.505 e. The first kappa shape index (κ1) is 12.8. The molecule has 0 aliphatic carbocycles. The van der Waals surface area contributed by atoms with E-state index in [1.54, 1.807) is 6.07 Å². The number of rotatable bonds is 5. The van der Waals surface area contributed by atoms with Gasteiger partial charge in [0.1, 0.15) is 0 Å². The van der Waals surface area contributed by atoms with Crippen molar-refractivity contribution < 1.29 is 14.7 Å². The zero-order chi connectivity index (χ0) is 12.8. The van der Waals surface area contributed by atoms with Gasteiger partial charge in [-0.1, -0.05) is 6.07 Å². The van der Waals surface area contributed by atoms with Gasteiger partial charge in [0.15, 0.2) is 5.75 Å². The number of hydrogen-bond acceptors (Lipinski definition) is 4. The Bertz CT molecular complexity index is 432. The molecule has 0 fully saturated rings. The number of nitrogen functional groups attached to an aromatic ring is 1. The number of primary amides is 1. The van der Waals surface area contributed by atoms with Gasteiger partial charge in [0.05, 0.1) is 11.3 Å². The van der Waals surface area contributed by atoms with Crippen molar-refractivity contribution in [2.45, 2.75) is 12.8 Å². The fourth-order valence-corrected chi connectivity index (χ4v) is 1.30. The Hall–Kier alpha value is -2.24. The Morgan fingerprint density at radius 2 is 2.06 bits per heavy atom. The molecule has 0 saturated heterocycles. The van der Waals surface area contributed by atoms with E-state index in [2.05, 4.69) is 5.32 Å². The molecule has 0 atom stereocenters. The average molecular weight is 237 g/mol. The van der Waals surface area contributed by atoms with Crippen LogP contribution in [0.5, 0.6) is 5.75 Å². The van der Waals surface area contributed by atoms with Crippen molar-refractivity contribution in [2.24, 2.45) is 5.73 Å². The molecule has 0 aliphatic rings. The lowest BCUT2D eigenvalue weighted by Gasteiger charge is -2.07. The molecule has 92 valence electrons. The second-order valence-electron chi connectivity index (χ2n) is 3.57. The average Bonchev–Trinajstić information content (AvgIpc) is 2.27. The molecule has 1 rings (SSSR count). The number of phenols is 1. The van der Waals surface area contributed by atoms with Crippen LogP contribution in [-0.2, 0) is 4.79 Å². The summed E-state index contributed by atoms with van der Waals surface area (Å²) in [6.45, 7) is 0.315. The summed E-state index contributed by atoms with van der Waals surface area (Å²) in [5.74, 6) is -1.08. The summed E-state index contributed by atoms with van der Waals surface area (Å²) in [4.78, 5) is 22.1. The number of hydrogen-bond donors (Lipinski definition) is 4. The molecule has 1 aromatic carbocycles. The molecule has 6 N–H and O–H groups in total. The van der Waals surface area contributed by atoms with Gasteiger partial charge < -0.3 is 21.9 Å². The van der Waals surface area contributed by atoms with Gasteiger partial charge >= 0.3 is 0 Å². The third kappa shape index (κ3) is 3.67. The van der Waals surface area contributed by atoms with Crippen molar-refractivity contribution >= 4 is 17.5 Å². The van der Waals surface area contributed by atoms with E-state index in [9.17, 15) is 14.7 Å². The Labute approximate surface area is 98.6 Å². The number of nitrogens with one attached hydrogen (secondary N) is 1. The van der Waals surface area contributed by atoms with E-state index in [0.29, 0.717) is 13.0 Å². The highest BCUT2D eigenvalue weighted by Crippen LogP contribution is 2.23. The topological polar surface area (TPSA) is 118 Å².